The van der Waals surface area contributed by atoms with Crippen molar-refractivity contribution in [3.63, 3.8) is 0 Å². The van der Waals surface area contributed by atoms with E-state index < -0.39 is 17.3 Å². The van der Waals surface area contributed by atoms with Gasteiger partial charge in [0, 0.05) is 22.7 Å². The number of alkyl halides is 3. The zero-order valence-corrected chi connectivity index (χ0v) is 16.6. The van der Waals surface area contributed by atoms with E-state index in [0.29, 0.717) is 17.0 Å². The number of nitriles is 1. The molecule has 1 heterocycles. The monoisotopic (exact) mass is 427 g/mol. The number of nitrogens with one attached hydrogen (secondary N) is 1. The third kappa shape index (κ3) is 5.19. The maximum atomic E-state index is 13.2. The SMILES string of the molecule is Cc1cc(C(F)(F)F)c(C#N)c(SCc2ccc(C(=O)Nc3ccccc3)cc2)n1. The first kappa shape index (κ1) is 21.4. The average Bonchev–Trinajstić information content (AvgIpc) is 2.72. The summed E-state index contributed by atoms with van der Waals surface area (Å²) in [7, 11) is 0. The van der Waals surface area contributed by atoms with Crippen molar-refractivity contribution in [1.82, 2.24) is 4.98 Å². The number of carbonyl (C=O) groups excluding carboxylic acids is 1. The first-order valence-corrected chi connectivity index (χ1v) is 9.83. The lowest BCUT2D eigenvalue weighted by atomic mass is 10.1. The quantitative estimate of drug-likeness (QED) is 0.521. The minimum Gasteiger partial charge on any atom is -0.322 e. The van der Waals surface area contributed by atoms with E-state index >= 15 is 0 Å². The van der Waals surface area contributed by atoms with Crippen molar-refractivity contribution in [2.45, 2.75) is 23.9 Å². The lowest BCUT2D eigenvalue weighted by Gasteiger charge is -2.13. The zero-order valence-electron chi connectivity index (χ0n) is 15.8. The Hall–Kier alpha value is -3.31. The van der Waals surface area contributed by atoms with Crippen LogP contribution in [-0.2, 0) is 11.9 Å². The Morgan fingerprint density at radius 2 is 1.80 bits per heavy atom. The van der Waals surface area contributed by atoms with Crippen LogP contribution in [0.1, 0.15) is 32.7 Å². The number of hydrogen-bond donors (Lipinski definition) is 1. The van der Waals surface area contributed by atoms with E-state index in [0.717, 1.165) is 23.4 Å². The Kier molecular flexibility index (Phi) is 6.43. The predicted molar refractivity (Wildman–Crippen MR) is 109 cm³/mol. The molecule has 1 N–H and O–H groups in total. The van der Waals surface area contributed by atoms with Crippen molar-refractivity contribution in [3.05, 3.63) is 88.6 Å². The second kappa shape index (κ2) is 9.01. The first-order valence-electron chi connectivity index (χ1n) is 8.85. The molecular formula is C22H16F3N3OS. The molecule has 4 nitrogen and oxygen atoms in total. The number of halogens is 3. The summed E-state index contributed by atoms with van der Waals surface area (Å²) in [5.74, 6) is 0.0468. The fraction of sp³-hybridized carbons (Fsp3) is 0.136. The summed E-state index contributed by atoms with van der Waals surface area (Å²) >= 11 is 1.05. The lowest BCUT2D eigenvalue weighted by Crippen LogP contribution is -2.11. The van der Waals surface area contributed by atoms with Gasteiger partial charge in [0.05, 0.1) is 11.1 Å². The van der Waals surface area contributed by atoms with Crippen LogP contribution in [0.5, 0.6) is 0 Å². The van der Waals surface area contributed by atoms with Gasteiger partial charge in [0.2, 0.25) is 0 Å². The third-order valence-corrected chi connectivity index (χ3v) is 5.20. The van der Waals surface area contributed by atoms with Gasteiger partial charge in [-0.05, 0) is 42.8 Å². The minimum absolute atomic E-state index is 0.0377. The van der Waals surface area contributed by atoms with E-state index in [1.807, 2.05) is 18.2 Å². The van der Waals surface area contributed by atoms with Gasteiger partial charge in [-0.1, -0.05) is 30.3 Å². The Labute approximate surface area is 175 Å². The fourth-order valence-corrected chi connectivity index (χ4v) is 3.71. The molecule has 1 amide bonds. The molecule has 3 rings (SSSR count). The van der Waals surface area contributed by atoms with Crippen LogP contribution in [0.2, 0.25) is 0 Å². The van der Waals surface area contributed by atoms with E-state index in [4.69, 9.17) is 0 Å². The molecule has 0 fully saturated rings. The molecule has 0 unspecified atom stereocenters. The molecule has 152 valence electrons. The number of nitrogens with zero attached hydrogens (tertiary/aromatic N) is 2. The van der Waals surface area contributed by atoms with Gasteiger partial charge in [-0.15, -0.1) is 11.8 Å². The van der Waals surface area contributed by atoms with Gasteiger partial charge in [-0.25, -0.2) is 4.98 Å². The van der Waals surface area contributed by atoms with Gasteiger partial charge in [0.15, 0.2) is 0 Å². The van der Waals surface area contributed by atoms with E-state index in [1.54, 1.807) is 42.5 Å². The van der Waals surface area contributed by atoms with E-state index in [9.17, 15) is 23.2 Å². The molecule has 0 saturated carbocycles. The Balaban J connectivity index is 1.72. The highest BCUT2D eigenvalue weighted by molar-refractivity contribution is 7.98. The highest BCUT2D eigenvalue weighted by Crippen LogP contribution is 2.36. The molecule has 0 aliphatic rings. The van der Waals surface area contributed by atoms with E-state index in [1.165, 1.54) is 6.92 Å². The lowest BCUT2D eigenvalue weighted by molar-refractivity contribution is -0.138. The van der Waals surface area contributed by atoms with Crippen LogP contribution < -0.4 is 5.32 Å². The molecule has 0 spiro atoms. The maximum absolute atomic E-state index is 13.2. The summed E-state index contributed by atoms with van der Waals surface area (Å²) in [6.45, 7) is 1.46. The Morgan fingerprint density at radius 1 is 1.13 bits per heavy atom. The van der Waals surface area contributed by atoms with Crippen molar-refractivity contribution in [2.24, 2.45) is 0 Å². The smallest absolute Gasteiger partial charge is 0.322 e. The molecule has 3 aromatic rings. The van der Waals surface area contributed by atoms with Gasteiger partial charge in [-0.2, -0.15) is 18.4 Å². The molecule has 2 aromatic carbocycles. The number of para-hydroxylation sites is 1. The number of carbonyl (C=O) groups is 1. The second-order valence-corrected chi connectivity index (χ2v) is 7.37. The summed E-state index contributed by atoms with van der Waals surface area (Å²) in [5.41, 5.74) is 0.661. The third-order valence-electron chi connectivity index (χ3n) is 4.15. The molecule has 30 heavy (non-hydrogen) atoms. The zero-order chi connectivity index (χ0) is 21.7. The van der Waals surface area contributed by atoms with Crippen LogP contribution in [0.4, 0.5) is 18.9 Å². The number of aromatic nitrogens is 1. The van der Waals surface area contributed by atoms with Gasteiger partial charge in [0.25, 0.3) is 5.91 Å². The van der Waals surface area contributed by atoms with Gasteiger partial charge in [0.1, 0.15) is 11.1 Å². The summed E-state index contributed by atoms with van der Waals surface area (Å²) in [4.78, 5) is 16.4. The molecule has 0 aliphatic heterocycles. The number of thioether (sulfide) groups is 1. The van der Waals surface area contributed by atoms with Gasteiger partial charge < -0.3 is 5.32 Å². The van der Waals surface area contributed by atoms with Gasteiger partial charge >= 0.3 is 6.18 Å². The predicted octanol–water partition coefficient (Wildman–Crippen LogP) is 5.83. The van der Waals surface area contributed by atoms with E-state index in [-0.39, 0.29) is 16.6 Å². The molecule has 1 aromatic heterocycles. The fourth-order valence-electron chi connectivity index (χ4n) is 2.71. The average molecular weight is 427 g/mol. The van der Waals surface area contributed by atoms with Crippen LogP contribution in [0, 0.1) is 18.3 Å². The molecule has 0 saturated heterocycles. The number of hydrogen-bond acceptors (Lipinski definition) is 4. The van der Waals surface area contributed by atoms with Crippen LogP contribution in [0.15, 0.2) is 65.7 Å². The number of anilines is 1. The number of amides is 1. The Morgan fingerprint density at radius 3 is 2.40 bits per heavy atom. The van der Waals surface area contributed by atoms with Crippen molar-refractivity contribution < 1.29 is 18.0 Å². The highest BCUT2D eigenvalue weighted by Gasteiger charge is 2.35. The topological polar surface area (TPSA) is 65.8 Å². The maximum Gasteiger partial charge on any atom is 0.417 e. The number of benzene rings is 2. The molecular weight excluding hydrogens is 411 g/mol. The summed E-state index contributed by atoms with van der Waals surface area (Å²) in [6, 6.07) is 18.3. The molecule has 0 bridgehead atoms. The van der Waals surface area contributed by atoms with E-state index in [2.05, 4.69) is 10.3 Å². The highest BCUT2D eigenvalue weighted by atomic mass is 32.2. The number of aryl methyl sites for hydroxylation is 1. The normalized spacial score (nSPS) is 11.0. The van der Waals surface area contributed by atoms with Crippen LogP contribution >= 0.6 is 11.8 Å². The van der Waals surface area contributed by atoms with Crippen LogP contribution in [-0.4, -0.2) is 10.9 Å². The van der Waals surface area contributed by atoms with Crippen molar-refractivity contribution in [1.29, 1.82) is 5.26 Å². The summed E-state index contributed by atoms with van der Waals surface area (Å²) in [5, 5.41) is 12.0. The number of pyridine rings is 1. The Bertz CT molecular complexity index is 1090. The van der Waals surface area contributed by atoms with Gasteiger partial charge in [-0.3, -0.25) is 4.79 Å². The molecule has 0 radical (unpaired) electrons. The van der Waals surface area contributed by atoms with Crippen molar-refractivity contribution in [3.8, 4) is 6.07 Å². The second-order valence-electron chi connectivity index (χ2n) is 6.41. The molecule has 8 heteroatoms. The summed E-state index contributed by atoms with van der Waals surface area (Å²) in [6.07, 6.45) is -4.62. The molecule has 0 aliphatic carbocycles. The van der Waals surface area contributed by atoms with Crippen molar-refractivity contribution >= 4 is 23.4 Å². The summed E-state index contributed by atoms with van der Waals surface area (Å²) < 4.78 is 39.6. The largest absolute Gasteiger partial charge is 0.417 e. The minimum atomic E-state index is -4.62. The first-order chi connectivity index (χ1) is 14.3. The van der Waals surface area contributed by atoms with Crippen LogP contribution in [0.3, 0.4) is 0 Å². The number of rotatable bonds is 5. The molecule has 0 atom stereocenters. The van der Waals surface area contributed by atoms with Crippen LogP contribution in [0.25, 0.3) is 0 Å². The standard InChI is InChI=1S/C22H16F3N3OS/c1-14-11-19(22(23,24)25)18(12-26)21(27-14)30-13-15-7-9-16(10-8-15)20(29)28-17-5-3-2-4-6-17/h2-11H,13H2,1H3,(H,28,29). The van der Waals surface area contributed by atoms with Crippen molar-refractivity contribution in [2.75, 3.05) is 5.32 Å².